The standard InChI is InChI=1S/C5H8N2.2C2HF6NO4S2/c1-2-5-6-3-4-7-5;2*3-1(4,5)14(10,11)9-15(12,13)2(6,7)8/h3-4H,2H2,1H3,(H,6,7);2*9H. The van der Waals surface area contributed by atoms with Gasteiger partial charge in [0.2, 0.25) is 0 Å². The molecule has 0 unspecified atom stereocenters. The molecule has 1 heterocycles. The second-order valence-electron chi connectivity index (χ2n) is 5.35. The lowest BCUT2D eigenvalue weighted by molar-refractivity contribution is -0.0487. The van der Waals surface area contributed by atoms with E-state index >= 15 is 0 Å². The average molecular weight is 658 g/mol. The molecule has 1 aromatic rings. The molecule has 0 aliphatic rings. The highest BCUT2D eigenvalue weighted by atomic mass is 32.3. The van der Waals surface area contributed by atoms with Gasteiger partial charge in [-0.1, -0.05) is 15.2 Å². The summed E-state index contributed by atoms with van der Waals surface area (Å²) in [5.74, 6) is 1.06. The number of hydrogen-bond acceptors (Lipinski definition) is 9. The van der Waals surface area contributed by atoms with E-state index < -0.39 is 70.4 Å². The Balaban J connectivity index is 0. The Morgan fingerprint density at radius 3 is 0.973 bits per heavy atom. The first-order valence-electron chi connectivity index (χ1n) is 7.65. The summed E-state index contributed by atoms with van der Waals surface area (Å²) in [5.41, 5.74) is -24.6. The van der Waals surface area contributed by atoms with Crippen molar-refractivity contribution in [3.63, 3.8) is 0 Å². The Bertz CT molecular complexity index is 1120. The fourth-order valence-corrected chi connectivity index (χ4v) is 4.79. The SMILES string of the molecule is CCc1ncc[nH]1.O=S(=O)(NS(=O)(=O)C(F)(F)F)C(F)(F)F.O=S(=O)(NS(=O)(=O)C(F)(F)F)C(F)(F)F. The molecule has 0 amide bonds. The smallest absolute Gasteiger partial charge is 0.349 e. The molecule has 0 bridgehead atoms. The first kappa shape index (κ1) is 37.2. The summed E-state index contributed by atoms with van der Waals surface area (Å²) in [5, 5.41) is 0. The molecule has 0 spiro atoms. The predicted molar refractivity (Wildman–Crippen MR) is 94.1 cm³/mol. The van der Waals surface area contributed by atoms with Crippen LogP contribution in [0.4, 0.5) is 52.7 Å². The van der Waals surface area contributed by atoms with Crippen molar-refractivity contribution in [3.8, 4) is 0 Å². The van der Waals surface area contributed by atoms with Crippen molar-refractivity contribution in [2.75, 3.05) is 0 Å². The third-order valence-corrected chi connectivity index (χ3v) is 8.50. The molecular weight excluding hydrogens is 648 g/mol. The maximum absolute atomic E-state index is 11.5. The first-order chi connectivity index (χ1) is 15.8. The Kier molecular flexibility index (Phi) is 11.9. The van der Waals surface area contributed by atoms with Crippen LogP contribution in [0.3, 0.4) is 0 Å². The fraction of sp³-hybridized carbons (Fsp3) is 0.667. The van der Waals surface area contributed by atoms with Crippen LogP contribution in [-0.4, -0.2) is 65.7 Å². The summed E-state index contributed by atoms with van der Waals surface area (Å²) >= 11 is 0. The topological polar surface area (TPSA) is 189 Å². The molecule has 0 saturated heterocycles. The second kappa shape index (κ2) is 11.9. The number of aromatic amines is 1. The molecule has 0 saturated carbocycles. The third-order valence-electron chi connectivity index (χ3n) is 2.55. The minimum absolute atomic E-state index is 0.493. The monoisotopic (exact) mass is 658 g/mol. The minimum atomic E-state index is -6.60. The molecule has 12 nitrogen and oxygen atoms in total. The number of nitrogens with zero attached hydrogens (tertiary/aromatic N) is 1. The van der Waals surface area contributed by atoms with E-state index in [9.17, 15) is 86.4 Å². The van der Waals surface area contributed by atoms with Crippen molar-refractivity contribution in [2.24, 2.45) is 0 Å². The highest BCUT2D eigenvalue weighted by Gasteiger charge is 2.56. The zero-order chi connectivity index (χ0) is 30.5. The van der Waals surface area contributed by atoms with E-state index in [-0.39, 0.29) is 0 Å². The average Bonchev–Trinajstić information content (AvgIpc) is 3.10. The lowest BCUT2D eigenvalue weighted by Crippen LogP contribution is -2.45. The van der Waals surface area contributed by atoms with Crippen LogP contribution in [0, 0.1) is 0 Å². The van der Waals surface area contributed by atoms with Gasteiger partial charge in [0.15, 0.2) is 0 Å². The van der Waals surface area contributed by atoms with Crippen molar-refractivity contribution in [3.05, 3.63) is 18.2 Å². The molecular formula is C9H10F12N4O8S4. The van der Waals surface area contributed by atoms with Crippen LogP contribution in [0.15, 0.2) is 12.4 Å². The fourth-order valence-electron chi connectivity index (χ4n) is 0.969. The van der Waals surface area contributed by atoms with Gasteiger partial charge in [0.05, 0.1) is 0 Å². The maximum atomic E-state index is 11.5. The van der Waals surface area contributed by atoms with Crippen LogP contribution in [0.2, 0.25) is 0 Å². The highest BCUT2D eigenvalue weighted by molar-refractivity contribution is 8.06. The summed E-state index contributed by atoms with van der Waals surface area (Å²) in [6.45, 7) is 2.07. The van der Waals surface area contributed by atoms with Gasteiger partial charge < -0.3 is 4.98 Å². The Morgan fingerprint density at radius 1 is 0.622 bits per heavy atom. The summed E-state index contributed by atoms with van der Waals surface area (Å²) in [4.78, 5) is 6.95. The van der Waals surface area contributed by atoms with Crippen molar-refractivity contribution < 1.29 is 86.4 Å². The lowest BCUT2D eigenvalue weighted by Gasteiger charge is -2.11. The number of rotatable bonds is 5. The number of halogens is 12. The minimum Gasteiger partial charge on any atom is -0.349 e. The quantitative estimate of drug-likeness (QED) is 0.394. The van der Waals surface area contributed by atoms with E-state index in [4.69, 9.17) is 0 Å². The maximum Gasteiger partial charge on any atom is 0.512 e. The van der Waals surface area contributed by atoms with Gasteiger partial charge in [-0.25, -0.2) is 38.7 Å². The number of sulfonamides is 4. The van der Waals surface area contributed by atoms with E-state index in [1.807, 2.05) is 6.20 Å². The molecule has 0 radical (unpaired) electrons. The summed E-state index contributed by atoms with van der Waals surface area (Å²) < 4.78 is 217. The van der Waals surface area contributed by atoms with E-state index in [1.54, 1.807) is 6.20 Å². The Morgan fingerprint density at radius 2 is 0.865 bits per heavy atom. The van der Waals surface area contributed by atoms with Crippen LogP contribution in [0.5, 0.6) is 0 Å². The molecule has 1 rings (SSSR count). The van der Waals surface area contributed by atoms with Crippen LogP contribution >= 0.6 is 0 Å². The predicted octanol–water partition coefficient (Wildman–Crippen LogP) is 1.52. The van der Waals surface area contributed by atoms with Crippen LogP contribution in [0.1, 0.15) is 12.7 Å². The number of hydrogen-bond donors (Lipinski definition) is 3. The number of alkyl halides is 12. The van der Waals surface area contributed by atoms with Crippen LogP contribution in [-0.2, 0) is 46.5 Å². The van der Waals surface area contributed by atoms with Gasteiger partial charge in [0.25, 0.3) is 0 Å². The van der Waals surface area contributed by atoms with E-state index in [0.29, 0.717) is 0 Å². The molecule has 37 heavy (non-hydrogen) atoms. The normalized spacial score (nSPS) is 14.2. The molecule has 0 atom stereocenters. The number of imidazole rings is 1. The van der Waals surface area contributed by atoms with Gasteiger partial charge >= 0.3 is 62.1 Å². The zero-order valence-corrected chi connectivity index (χ0v) is 20.0. The lowest BCUT2D eigenvalue weighted by atomic mass is 10.5. The number of nitrogens with one attached hydrogen (secondary N) is 3. The van der Waals surface area contributed by atoms with Crippen molar-refractivity contribution in [1.82, 2.24) is 18.2 Å². The second-order valence-corrected chi connectivity index (χ2v) is 12.6. The first-order valence-corrected chi connectivity index (χ1v) is 13.6. The van der Waals surface area contributed by atoms with Gasteiger partial charge in [-0.05, 0) is 0 Å². The molecule has 0 fully saturated rings. The van der Waals surface area contributed by atoms with Gasteiger partial charge in [-0.15, -0.1) is 0 Å². The largest absolute Gasteiger partial charge is 0.512 e. The number of aromatic nitrogens is 2. The number of aryl methyl sites for hydroxylation is 1. The number of H-pyrrole nitrogens is 1. The Labute approximate surface area is 198 Å². The molecule has 0 aliphatic carbocycles. The van der Waals surface area contributed by atoms with Gasteiger partial charge in [0.1, 0.15) is 5.82 Å². The zero-order valence-electron chi connectivity index (χ0n) is 16.7. The highest BCUT2D eigenvalue weighted by Crippen LogP contribution is 2.28. The summed E-state index contributed by atoms with van der Waals surface area (Å²) in [6.07, 6.45) is 4.59. The van der Waals surface area contributed by atoms with E-state index in [1.165, 1.54) is 0 Å². The van der Waals surface area contributed by atoms with Gasteiger partial charge in [-0.3, -0.25) is 0 Å². The Hall–Kier alpha value is -1.91. The van der Waals surface area contributed by atoms with Crippen molar-refractivity contribution >= 4 is 40.1 Å². The van der Waals surface area contributed by atoms with Crippen LogP contribution < -0.4 is 8.25 Å². The molecule has 3 N–H and O–H groups in total. The third kappa shape index (κ3) is 11.6. The molecule has 28 heteroatoms. The van der Waals surface area contributed by atoms with Crippen molar-refractivity contribution in [1.29, 1.82) is 0 Å². The summed E-state index contributed by atoms with van der Waals surface area (Å²) in [7, 11) is -26.4. The van der Waals surface area contributed by atoms with Crippen molar-refractivity contribution in [2.45, 2.75) is 35.4 Å². The summed E-state index contributed by atoms with van der Waals surface area (Å²) in [6, 6.07) is 0. The molecule has 222 valence electrons. The van der Waals surface area contributed by atoms with Gasteiger partial charge in [-0.2, -0.15) is 52.7 Å². The van der Waals surface area contributed by atoms with Crippen LogP contribution in [0.25, 0.3) is 0 Å². The molecule has 0 aliphatic heterocycles. The van der Waals surface area contributed by atoms with E-state index in [0.717, 1.165) is 12.2 Å². The van der Waals surface area contributed by atoms with Gasteiger partial charge in [0, 0.05) is 18.8 Å². The molecule has 1 aromatic heterocycles. The molecule has 0 aromatic carbocycles. The van der Waals surface area contributed by atoms with E-state index in [2.05, 4.69) is 16.9 Å².